The van der Waals surface area contributed by atoms with Gasteiger partial charge >= 0.3 is 0 Å². The Bertz CT molecular complexity index is 456. The lowest BCUT2D eigenvalue weighted by molar-refractivity contribution is 0.163. The Morgan fingerprint density at radius 3 is 3.17 bits per heavy atom. The molecule has 0 spiro atoms. The van der Waals surface area contributed by atoms with Crippen molar-refractivity contribution in [3.05, 3.63) is 17.2 Å². The molecule has 0 atom stereocenters. The summed E-state index contributed by atoms with van der Waals surface area (Å²) in [6, 6.07) is 0. The van der Waals surface area contributed by atoms with Crippen LogP contribution in [0.1, 0.15) is 5.48 Å². The van der Waals surface area contributed by atoms with Gasteiger partial charge in [0.15, 0.2) is 10.9 Å². The summed E-state index contributed by atoms with van der Waals surface area (Å²) in [4.78, 5) is 3.40. The van der Waals surface area contributed by atoms with Crippen LogP contribution in [0.2, 0.25) is 5.15 Å². The second kappa shape index (κ2) is 2.79. The zero-order valence-corrected chi connectivity index (χ0v) is 6.35. The third-order valence-electron chi connectivity index (χ3n) is 1.26. The van der Waals surface area contributed by atoms with E-state index >= 15 is 0 Å². The molecule has 2 rings (SSSR count). The fraction of sp³-hybridized carbons (Fsp3) is 0.286. The third-order valence-corrected chi connectivity index (χ3v) is 1.52. The average Bonchev–Trinajstić information content (AvgIpc) is 2.15. The minimum absolute atomic E-state index is 0.331. The van der Waals surface area contributed by atoms with E-state index in [9.17, 15) is 4.39 Å². The van der Waals surface area contributed by atoms with Gasteiger partial charge in [-0.3, -0.25) is 0 Å². The molecule has 0 aromatic carbocycles. The molecule has 0 fully saturated rings. The van der Waals surface area contributed by atoms with E-state index < -0.39 is 29.8 Å². The molecule has 0 saturated heterocycles. The molecule has 0 amide bonds. The number of hydrogen-bond donors (Lipinski definition) is 0. The zero-order valence-electron chi connectivity index (χ0n) is 9.60. The molecule has 1 aromatic rings. The van der Waals surface area contributed by atoms with Gasteiger partial charge in [0.2, 0.25) is 11.6 Å². The molecule has 0 aliphatic carbocycles. The predicted molar refractivity (Wildman–Crippen MR) is 40.2 cm³/mol. The number of hydrogen-bond acceptors (Lipinski definition) is 3. The highest BCUT2D eigenvalue weighted by Gasteiger charge is 2.19. The average molecular weight is 194 g/mol. The lowest BCUT2D eigenvalue weighted by Gasteiger charge is -2.17. The van der Waals surface area contributed by atoms with Crippen molar-refractivity contribution in [2.24, 2.45) is 0 Å². The van der Waals surface area contributed by atoms with E-state index in [2.05, 4.69) is 14.5 Å². The quantitative estimate of drug-likeness (QED) is 0.587. The number of nitrogens with zero attached hydrogens (tertiary/aromatic N) is 1. The molecule has 64 valence electrons. The minimum Gasteiger partial charge on any atom is -0.484 e. The fourth-order valence-electron chi connectivity index (χ4n) is 0.748. The molecular weight excluding hydrogens is 185 g/mol. The first-order chi connectivity index (χ1) is 7.24. The largest absolute Gasteiger partial charge is 0.484 e. The molecule has 1 aliphatic rings. The van der Waals surface area contributed by atoms with Gasteiger partial charge in [0, 0.05) is 0 Å². The molecular formula is C7H5ClFNO2. The van der Waals surface area contributed by atoms with Gasteiger partial charge in [-0.2, -0.15) is 4.39 Å². The van der Waals surface area contributed by atoms with Crippen molar-refractivity contribution in [1.29, 1.82) is 0 Å². The Labute approximate surface area is 78.7 Å². The normalized spacial score (nSPS) is 27.8. The SMILES string of the molecule is [2H]C1([2H])Oc2cnc(Cl)c(F)c2OC1([2H])[2H]. The van der Waals surface area contributed by atoms with Crippen LogP contribution in [-0.4, -0.2) is 18.1 Å². The number of rotatable bonds is 0. The summed E-state index contributed by atoms with van der Waals surface area (Å²) in [6.07, 6.45) is 0.966. The number of aromatic nitrogens is 1. The van der Waals surface area contributed by atoms with Crippen molar-refractivity contribution in [2.75, 3.05) is 13.1 Å². The number of halogens is 2. The minimum atomic E-state index is -2.81. The highest BCUT2D eigenvalue weighted by atomic mass is 35.5. The van der Waals surface area contributed by atoms with E-state index in [1.807, 2.05) is 0 Å². The van der Waals surface area contributed by atoms with Crippen LogP contribution in [0.4, 0.5) is 4.39 Å². The molecule has 0 unspecified atom stereocenters. The smallest absolute Gasteiger partial charge is 0.206 e. The maximum atomic E-state index is 13.4. The van der Waals surface area contributed by atoms with E-state index in [1.165, 1.54) is 0 Å². The van der Waals surface area contributed by atoms with Gasteiger partial charge in [-0.15, -0.1) is 0 Å². The van der Waals surface area contributed by atoms with E-state index in [1.54, 1.807) is 0 Å². The first-order valence-electron chi connectivity index (χ1n) is 4.96. The molecule has 1 aromatic heterocycles. The Morgan fingerprint density at radius 1 is 1.58 bits per heavy atom. The lowest BCUT2D eigenvalue weighted by Crippen LogP contribution is -2.16. The van der Waals surface area contributed by atoms with Crippen molar-refractivity contribution >= 4 is 11.6 Å². The standard InChI is InChI=1S/C7H5ClFNO2/c8-7-5(9)6-4(3-10-7)11-1-2-12-6/h3H,1-2H2/i1D2,2D2. The van der Waals surface area contributed by atoms with Crippen LogP contribution in [0.3, 0.4) is 0 Å². The molecule has 0 radical (unpaired) electrons. The summed E-state index contributed by atoms with van der Waals surface area (Å²) in [7, 11) is 0. The number of fused-ring (bicyclic) bond motifs is 1. The van der Waals surface area contributed by atoms with Crippen molar-refractivity contribution in [3.8, 4) is 11.5 Å². The van der Waals surface area contributed by atoms with Gasteiger partial charge in [0.25, 0.3) is 0 Å². The molecule has 12 heavy (non-hydrogen) atoms. The zero-order chi connectivity index (χ0) is 12.1. The fourth-order valence-corrected chi connectivity index (χ4v) is 0.883. The van der Waals surface area contributed by atoms with E-state index in [0.717, 1.165) is 6.20 Å². The summed E-state index contributed by atoms with van der Waals surface area (Å²) in [5.74, 6) is -2.00. The highest BCUT2D eigenvalue weighted by molar-refractivity contribution is 6.29. The van der Waals surface area contributed by atoms with Gasteiger partial charge in [0.1, 0.15) is 13.1 Å². The van der Waals surface area contributed by atoms with Gasteiger partial charge in [-0.05, 0) is 0 Å². The van der Waals surface area contributed by atoms with Crippen LogP contribution in [-0.2, 0) is 0 Å². The molecule has 3 nitrogen and oxygen atoms in total. The van der Waals surface area contributed by atoms with Crippen molar-refractivity contribution in [1.82, 2.24) is 4.98 Å². The van der Waals surface area contributed by atoms with Crippen LogP contribution in [0.5, 0.6) is 11.5 Å². The van der Waals surface area contributed by atoms with Crippen molar-refractivity contribution < 1.29 is 19.3 Å². The second-order valence-electron chi connectivity index (χ2n) is 1.96. The van der Waals surface area contributed by atoms with Crippen LogP contribution < -0.4 is 9.47 Å². The van der Waals surface area contributed by atoms with Crippen LogP contribution in [0.15, 0.2) is 6.20 Å². The highest BCUT2D eigenvalue weighted by Crippen LogP contribution is 2.34. The van der Waals surface area contributed by atoms with Gasteiger partial charge < -0.3 is 9.47 Å². The summed E-state index contributed by atoms with van der Waals surface area (Å²) >= 11 is 5.37. The molecule has 1 aliphatic heterocycles. The first-order valence-corrected chi connectivity index (χ1v) is 3.34. The van der Waals surface area contributed by atoms with Crippen molar-refractivity contribution in [2.45, 2.75) is 0 Å². The maximum Gasteiger partial charge on any atom is 0.206 e. The Balaban J connectivity index is 2.56. The van der Waals surface area contributed by atoms with E-state index in [-0.39, 0.29) is 5.75 Å². The first kappa shape index (κ1) is 4.28. The van der Waals surface area contributed by atoms with Gasteiger partial charge in [0.05, 0.1) is 11.7 Å². The predicted octanol–water partition coefficient (Wildman–Crippen LogP) is 1.65. The summed E-state index contributed by atoms with van der Waals surface area (Å²) in [5, 5.41) is -0.499. The Morgan fingerprint density at radius 2 is 2.33 bits per heavy atom. The summed E-state index contributed by atoms with van der Waals surface area (Å²) < 4.78 is 51.6. The Kier molecular flexibility index (Phi) is 0.992. The summed E-state index contributed by atoms with van der Waals surface area (Å²) in [5.41, 5.74) is 0. The third kappa shape index (κ3) is 1.08. The van der Waals surface area contributed by atoms with Crippen LogP contribution in [0.25, 0.3) is 0 Å². The lowest BCUT2D eigenvalue weighted by atomic mass is 10.4. The second-order valence-corrected chi connectivity index (χ2v) is 2.32. The molecule has 0 saturated carbocycles. The van der Waals surface area contributed by atoms with Crippen LogP contribution in [0, 0.1) is 5.82 Å². The Hall–Kier alpha value is -1.03. The summed E-state index contributed by atoms with van der Waals surface area (Å²) in [6.45, 7) is -5.55. The number of ether oxygens (including phenoxy) is 2. The monoisotopic (exact) mass is 193 g/mol. The molecule has 0 bridgehead atoms. The molecule has 2 heterocycles. The van der Waals surface area contributed by atoms with Gasteiger partial charge in [-0.25, -0.2) is 4.98 Å². The number of pyridine rings is 1. The van der Waals surface area contributed by atoms with Gasteiger partial charge in [-0.1, -0.05) is 11.6 Å². The van der Waals surface area contributed by atoms with Crippen molar-refractivity contribution in [3.63, 3.8) is 0 Å². The van der Waals surface area contributed by atoms with E-state index in [0.29, 0.717) is 0 Å². The molecule has 5 heteroatoms. The molecule has 0 N–H and O–H groups in total. The maximum absolute atomic E-state index is 13.4. The topological polar surface area (TPSA) is 31.4 Å². The van der Waals surface area contributed by atoms with E-state index in [4.69, 9.17) is 17.1 Å². The van der Waals surface area contributed by atoms with Crippen LogP contribution >= 0.6 is 11.6 Å².